The summed E-state index contributed by atoms with van der Waals surface area (Å²) in [6, 6.07) is 18.8. The van der Waals surface area contributed by atoms with Gasteiger partial charge < -0.3 is 10.2 Å². The van der Waals surface area contributed by atoms with Gasteiger partial charge in [0.1, 0.15) is 6.54 Å². The maximum atomic E-state index is 13.5. The van der Waals surface area contributed by atoms with E-state index >= 15 is 0 Å². The van der Waals surface area contributed by atoms with Crippen LogP contribution in [0.4, 0.5) is 5.69 Å². The van der Waals surface area contributed by atoms with E-state index in [0.29, 0.717) is 15.7 Å². The first-order valence-corrected chi connectivity index (χ1v) is 9.97. The monoisotopic (exact) mass is 444 g/mol. The van der Waals surface area contributed by atoms with Crippen LogP contribution in [0, 0.1) is 0 Å². The molecule has 1 aliphatic heterocycles. The summed E-state index contributed by atoms with van der Waals surface area (Å²) >= 11 is 18.6. The van der Waals surface area contributed by atoms with Crippen molar-refractivity contribution in [3.8, 4) is 0 Å². The third-order valence-electron chi connectivity index (χ3n) is 4.74. The summed E-state index contributed by atoms with van der Waals surface area (Å²) in [4.78, 5) is 27.6. The second-order valence-electron chi connectivity index (χ2n) is 6.65. The Bertz CT molecular complexity index is 1100. The zero-order chi connectivity index (χ0) is 20.5. The fraction of sp³-hybridized carbons (Fsp3) is 0.0909. The van der Waals surface area contributed by atoms with Gasteiger partial charge in [0.25, 0.3) is 5.91 Å². The molecule has 0 aliphatic carbocycles. The smallest absolute Gasteiger partial charge is 0.256 e. The first kappa shape index (κ1) is 19.8. The standard InChI is InChI=1S/C22H15Cl3N2O2/c23-14-6-8-18(25)16(10-14)22(29)27-12-20(28)26-19-9-7-15(24)11-17(19)21(27)13-4-2-1-3-5-13/h1-11,21H,12H2,(H,26,28)/t21-/m0/s1. The van der Waals surface area contributed by atoms with Gasteiger partial charge in [0.2, 0.25) is 5.91 Å². The third kappa shape index (κ3) is 3.97. The van der Waals surface area contributed by atoms with E-state index in [4.69, 9.17) is 34.8 Å². The Hall–Kier alpha value is -2.53. The Morgan fingerprint density at radius 2 is 1.62 bits per heavy atom. The normalized spacial score (nSPS) is 16.0. The molecule has 0 unspecified atom stereocenters. The molecule has 0 fully saturated rings. The molecule has 0 radical (unpaired) electrons. The SMILES string of the molecule is O=C1CN(C(=O)c2cc(Cl)ccc2Cl)[C@@H](c2ccccc2)c2cc(Cl)ccc2N1. The molecule has 146 valence electrons. The van der Waals surface area contributed by atoms with Crippen LogP contribution in [-0.4, -0.2) is 23.3 Å². The maximum Gasteiger partial charge on any atom is 0.256 e. The van der Waals surface area contributed by atoms with Crippen LogP contribution >= 0.6 is 34.8 Å². The van der Waals surface area contributed by atoms with Crippen molar-refractivity contribution < 1.29 is 9.59 Å². The van der Waals surface area contributed by atoms with Gasteiger partial charge in [-0.15, -0.1) is 0 Å². The molecule has 1 N–H and O–H groups in total. The van der Waals surface area contributed by atoms with Crippen molar-refractivity contribution in [3.63, 3.8) is 0 Å². The number of hydrogen-bond donors (Lipinski definition) is 1. The van der Waals surface area contributed by atoms with Gasteiger partial charge in [-0.2, -0.15) is 0 Å². The van der Waals surface area contributed by atoms with E-state index in [0.717, 1.165) is 11.1 Å². The number of amides is 2. The minimum atomic E-state index is -0.536. The number of rotatable bonds is 2. The fourth-order valence-corrected chi connectivity index (χ4v) is 4.03. The summed E-state index contributed by atoms with van der Waals surface area (Å²) in [6.45, 7) is -0.145. The highest BCUT2D eigenvalue weighted by atomic mass is 35.5. The van der Waals surface area contributed by atoms with Gasteiger partial charge in [0.15, 0.2) is 0 Å². The summed E-state index contributed by atoms with van der Waals surface area (Å²) in [6.07, 6.45) is 0. The van der Waals surface area contributed by atoms with Crippen LogP contribution in [0.15, 0.2) is 66.7 Å². The van der Waals surface area contributed by atoms with E-state index in [2.05, 4.69) is 5.32 Å². The lowest BCUT2D eigenvalue weighted by Gasteiger charge is -2.31. The molecule has 0 saturated carbocycles. The minimum absolute atomic E-state index is 0.145. The lowest BCUT2D eigenvalue weighted by atomic mass is 9.95. The Morgan fingerprint density at radius 1 is 0.931 bits per heavy atom. The van der Waals surface area contributed by atoms with Gasteiger partial charge in [-0.25, -0.2) is 0 Å². The van der Waals surface area contributed by atoms with Gasteiger partial charge in [-0.05, 0) is 42.0 Å². The highest BCUT2D eigenvalue weighted by Crippen LogP contribution is 2.38. The number of carbonyl (C=O) groups excluding carboxylic acids is 2. The molecule has 3 aromatic rings. The van der Waals surface area contributed by atoms with Gasteiger partial charge in [-0.3, -0.25) is 9.59 Å². The first-order chi connectivity index (χ1) is 13.9. The molecule has 0 aromatic heterocycles. The topological polar surface area (TPSA) is 49.4 Å². The molecule has 0 bridgehead atoms. The summed E-state index contributed by atoms with van der Waals surface area (Å²) in [5, 5.41) is 4.02. The molecule has 7 heteroatoms. The van der Waals surface area contributed by atoms with E-state index in [1.165, 1.54) is 11.0 Å². The van der Waals surface area contributed by atoms with E-state index in [-0.39, 0.29) is 23.0 Å². The lowest BCUT2D eigenvalue weighted by molar-refractivity contribution is -0.117. The number of hydrogen-bond acceptors (Lipinski definition) is 2. The van der Waals surface area contributed by atoms with Crippen molar-refractivity contribution in [1.29, 1.82) is 0 Å². The minimum Gasteiger partial charge on any atom is -0.324 e. The summed E-state index contributed by atoms with van der Waals surface area (Å²) < 4.78 is 0. The molecule has 4 rings (SSSR count). The second-order valence-corrected chi connectivity index (χ2v) is 7.93. The first-order valence-electron chi connectivity index (χ1n) is 8.84. The summed E-state index contributed by atoms with van der Waals surface area (Å²) in [7, 11) is 0. The highest BCUT2D eigenvalue weighted by molar-refractivity contribution is 6.35. The molecule has 29 heavy (non-hydrogen) atoms. The molecular weight excluding hydrogens is 431 g/mol. The van der Waals surface area contributed by atoms with Crippen molar-refractivity contribution in [1.82, 2.24) is 4.90 Å². The van der Waals surface area contributed by atoms with E-state index in [1.807, 2.05) is 30.3 Å². The summed E-state index contributed by atoms with van der Waals surface area (Å²) in [5.74, 6) is -0.701. The molecule has 4 nitrogen and oxygen atoms in total. The molecule has 2 amide bonds. The lowest BCUT2D eigenvalue weighted by Crippen LogP contribution is -2.39. The fourth-order valence-electron chi connectivity index (χ4n) is 3.48. The van der Waals surface area contributed by atoms with Gasteiger partial charge in [0.05, 0.1) is 16.6 Å². The van der Waals surface area contributed by atoms with Crippen LogP contribution in [0.3, 0.4) is 0 Å². The number of halogens is 3. The Morgan fingerprint density at radius 3 is 2.38 bits per heavy atom. The number of anilines is 1. The van der Waals surface area contributed by atoms with Gasteiger partial charge in [0, 0.05) is 21.3 Å². The molecule has 1 atom stereocenters. The van der Waals surface area contributed by atoms with Crippen molar-refractivity contribution in [3.05, 3.63) is 98.5 Å². The predicted molar refractivity (Wildman–Crippen MR) is 116 cm³/mol. The second kappa shape index (κ2) is 8.07. The van der Waals surface area contributed by atoms with Crippen molar-refractivity contribution in [2.24, 2.45) is 0 Å². The van der Waals surface area contributed by atoms with Crippen LogP contribution in [0.1, 0.15) is 27.5 Å². The van der Waals surface area contributed by atoms with E-state index in [9.17, 15) is 9.59 Å². The molecule has 3 aromatic carbocycles. The van der Waals surface area contributed by atoms with Crippen LogP contribution in [0.5, 0.6) is 0 Å². The maximum absolute atomic E-state index is 13.5. The van der Waals surface area contributed by atoms with Crippen molar-refractivity contribution >= 4 is 52.3 Å². The predicted octanol–water partition coefficient (Wildman–Crippen LogP) is 5.83. The largest absolute Gasteiger partial charge is 0.324 e. The average molecular weight is 446 g/mol. The van der Waals surface area contributed by atoms with Crippen molar-refractivity contribution in [2.75, 3.05) is 11.9 Å². The third-order valence-corrected chi connectivity index (χ3v) is 5.54. The van der Waals surface area contributed by atoms with Gasteiger partial charge in [-0.1, -0.05) is 65.1 Å². The van der Waals surface area contributed by atoms with E-state index in [1.54, 1.807) is 30.3 Å². The Kier molecular flexibility index (Phi) is 5.50. The summed E-state index contributed by atoms with van der Waals surface area (Å²) in [5.41, 5.74) is 2.42. The number of fused-ring (bicyclic) bond motifs is 1. The quantitative estimate of drug-likeness (QED) is 0.539. The molecule has 0 saturated heterocycles. The number of benzene rings is 3. The zero-order valence-electron chi connectivity index (χ0n) is 15.0. The van der Waals surface area contributed by atoms with Crippen LogP contribution in [-0.2, 0) is 4.79 Å². The van der Waals surface area contributed by atoms with Crippen LogP contribution < -0.4 is 5.32 Å². The van der Waals surface area contributed by atoms with Crippen LogP contribution in [0.2, 0.25) is 15.1 Å². The van der Waals surface area contributed by atoms with Crippen molar-refractivity contribution in [2.45, 2.75) is 6.04 Å². The number of carbonyl (C=O) groups is 2. The zero-order valence-corrected chi connectivity index (χ0v) is 17.3. The molecule has 1 aliphatic rings. The van der Waals surface area contributed by atoms with E-state index < -0.39 is 11.9 Å². The molecule has 0 spiro atoms. The average Bonchev–Trinajstić information content (AvgIpc) is 2.85. The Labute approximate surface area is 183 Å². The Balaban J connectivity index is 1.91. The number of nitrogens with one attached hydrogen (secondary N) is 1. The van der Waals surface area contributed by atoms with Crippen LogP contribution in [0.25, 0.3) is 0 Å². The molecule has 1 heterocycles. The highest BCUT2D eigenvalue weighted by Gasteiger charge is 2.34. The number of nitrogens with zero attached hydrogens (tertiary/aromatic N) is 1. The molecular formula is C22H15Cl3N2O2. The van der Waals surface area contributed by atoms with Gasteiger partial charge >= 0.3 is 0 Å².